The van der Waals surface area contributed by atoms with Gasteiger partial charge in [0.2, 0.25) is 0 Å². The number of rotatable bonds is 4. The van der Waals surface area contributed by atoms with Gasteiger partial charge in [0.1, 0.15) is 22.2 Å². The van der Waals surface area contributed by atoms with Crippen molar-refractivity contribution in [2.24, 2.45) is 0 Å². The van der Waals surface area contributed by atoms with Gasteiger partial charge in [0.25, 0.3) is 0 Å². The Morgan fingerprint density at radius 2 is 1.91 bits per heavy atom. The standard InChI is InChI=1S/C24H21F2N5OS/c1-12-8-15(11-27-31-12)19-9-14(6-7-32-19)22-28-20(17-5-4-16(25)10-18(17)26)21-23(29-22)30-24(33-21)13-2-3-13/h4-5,8,10-11,13-14,19H,2-3,6-7,9H2,1H3/t14-,19-/m0/s1. The van der Waals surface area contributed by atoms with Gasteiger partial charge in [0, 0.05) is 35.6 Å². The molecule has 0 spiro atoms. The highest BCUT2D eigenvalue weighted by molar-refractivity contribution is 7.19. The van der Waals surface area contributed by atoms with E-state index in [0.717, 1.165) is 46.3 Å². The summed E-state index contributed by atoms with van der Waals surface area (Å²) in [6, 6.07) is 5.59. The lowest BCUT2D eigenvalue weighted by molar-refractivity contribution is 0.00370. The number of hydrogen-bond donors (Lipinski definition) is 0. The molecule has 2 aliphatic rings. The van der Waals surface area contributed by atoms with Crippen molar-refractivity contribution in [2.75, 3.05) is 6.61 Å². The highest BCUT2D eigenvalue weighted by atomic mass is 32.1. The van der Waals surface area contributed by atoms with Crippen LogP contribution in [-0.4, -0.2) is 31.8 Å². The topological polar surface area (TPSA) is 73.7 Å². The van der Waals surface area contributed by atoms with E-state index in [2.05, 4.69) is 10.2 Å². The second-order valence-electron chi connectivity index (χ2n) is 8.74. The number of ether oxygens (including phenoxy) is 1. The molecule has 1 saturated heterocycles. The lowest BCUT2D eigenvalue weighted by Gasteiger charge is -2.29. The van der Waals surface area contributed by atoms with E-state index >= 15 is 0 Å². The van der Waals surface area contributed by atoms with E-state index in [1.807, 2.05) is 13.0 Å². The summed E-state index contributed by atoms with van der Waals surface area (Å²) in [7, 11) is 0. The van der Waals surface area contributed by atoms with Crippen molar-refractivity contribution in [2.45, 2.75) is 50.5 Å². The minimum Gasteiger partial charge on any atom is -0.373 e. The number of thiazole rings is 1. The Morgan fingerprint density at radius 3 is 2.70 bits per heavy atom. The van der Waals surface area contributed by atoms with Crippen molar-refractivity contribution in [3.63, 3.8) is 0 Å². The third kappa shape index (κ3) is 4.00. The molecule has 4 aromatic rings. The van der Waals surface area contributed by atoms with Gasteiger partial charge in [-0.2, -0.15) is 10.2 Å². The molecule has 6 nitrogen and oxygen atoms in total. The maximum absolute atomic E-state index is 14.8. The lowest BCUT2D eigenvalue weighted by atomic mass is 9.91. The largest absolute Gasteiger partial charge is 0.373 e. The molecule has 0 radical (unpaired) electrons. The van der Waals surface area contributed by atoms with Crippen molar-refractivity contribution >= 4 is 21.7 Å². The predicted octanol–water partition coefficient (Wildman–Crippen LogP) is 5.64. The van der Waals surface area contributed by atoms with Crippen LogP contribution in [0.15, 0.2) is 30.5 Å². The van der Waals surface area contributed by atoms with E-state index in [4.69, 9.17) is 19.7 Å². The van der Waals surface area contributed by atoms with E-state index < -0.39 is 11.6 Å². The molecule has 0 unspecified atom stereocenters. The summed E-state index contributed by atoms with van der Waals surface area (Å²) in [4.78, 5) is 14.4. The Labute approximate surface area is 193 Å². The van der Waals surface area contributed by atoms with Crippen molar-refractivity contribution in [3.05, 3.63) is 64.2 Å². The molecular weight excluding hydrogens is 444 g/mol. The molecule has 2 fully saturated rings. The fourth-order valence-corrected chi connectivity index (χ4v) is 5.52. The van der Waals surface area contributed by atoms with E-state index in [0.29, 0.717) is 36.1 Å². The van der Waals surface area contributed by atoms with Gasteiger partial charge in [-0.1, -0.05) is 0 Å². The maximum Gasteiger partial charge on any atom is 0.174 e. The number of fused-ring (bicyclic) bond motifs is 1. The molecule has 0 N–H and O–H groups in total. The summed E-state index contributed by atoms with van der Waals surface area (Å²) >= 11 is 1.52. The predicted molar refractivity (Wildman–Crippen MR) is 120 cm³/mol. The Balaban J connectivity index is 1.43. The van der Waals surface area contributed by atoms with Crippen LogP contribution < -0.4 is 0 Å². The average Bonchev–Trinajstić information content (AvgIpc) is 3.57. The monoisotopic (exact) mass is 465 g/mol. The zero-order valence-electron chi connectivity index (χ0n) is 18.0. The van der Waals surface area contributed by atoms with Crippen LogP contribution in [0.3, 0.4) is 0 Å². The molecule has 4 heterocycles. The van der Waals surface area contributed by atoms with E-state index in [1.54, 1.807) is 6.20 Å². The molecule has 0 amide bonds. The van der Waals surface area contributed by atoms with Gasteiger partial charge in [-0.15, -0.1) is 11.3 Å². The van der Waals surface area contributed by atoms with Crippen molar-refractivity contribution in [3.8, 4) is 11.3 Å². The van der Waals surface area contributed by atoms with E-state index in [-0.39, 0.29) is 17.6 Å². The molecular formula is C24H21F2N5OS. The van der Waals surface area contributed by atoms with Gasteiger partial charge in [-0.25, -0.2) is 23.7 Å². The van der Waals surface area contributed by atoms with Gasteiger partial charge < -0.3 is 4.74 Å². The molecule has 1 aromatic carbocycles. The molecule has 3 aromatic heterocycles. The van der Waals surface area contributed by atoms with Gasteiger partial charge in [-0.3, -0.25) is 0 Å². The summed E-state index contributed by atoms with van der Waals surface area (Å²) in [5.74, 6) is -0.145. The normalized spacial score (nSPS) is 20.9. The number of nitrogens with zero attached hydrogens (tertiary/aromatic N) is 5. The molecule has 6 rings (SSSR count). The van der Waals surface area contributed by atoms with Crippen LogP contribution in [0.1, 0.15) is 65.7 Å². The molecule has 1 aliphatic heterocycles. The second-order valence-corrected chi connectivity index (χ2v) is 9.78. The van der Waals surface area contributed by atoms with Crippen molar-refractivity contribution < 1.29 is 13.5 Å². The quantitative estimate of drug-likeness (QED) is 0.388. The smallest absolute Gasteiger partial charge is 0.174 e. The minimum atomic E-state index is -0.634. The zero-order valence-corrected chi connectivity index (χ0v) is 18.8. The number of halogens is 2. The van der Waals surface area contributed by atoms with Crippen LogP contribution in [0, 0.1) is 18.6 Å². The summed E-state index contributed by atoms with van der Waals surface area (Å²) in [5.41, 5.74) is 3.16. The number of benzene rings is 1. The number of aryl methyl sites for hydroxylation is 1. The third-order valence-corrected chi connectivity index (χ3v) is 7.43. The SMILES string of the molecule is Cc1cc([C@@H]2C[C@@H](c3nc(-c4ccc(F)cc4F)c4sc(C5CC5)nc4n3)CCO2)cnn1. The summed E-state index contributed by atoms with van der Waals surface area (Å²) < 4.78 is 35.1. The van der Waals surface area contributed by atoms with E-state index in [9.17, 15) is 8.78 Å². The van der Waals surface area contributed by atoms with Crippen LogP contribution in [0.4, 0.5) is 8.78 Å². The second kappa shape index (κ2) is 8.14. The van der Waals surface area contributed by atoms with Crippen LogP contribution in [0.2, 0.25) is 0 Å². The van der Waals surface area contributed by atoms with Crippen LogP contribution in [-0.2, 0) is 4.74 Å². The van der Waals surface area contributed by atoms with Crippen molar-refractivity contribution in [1.29, 1.82) is 0 Å². The molecule has 9 heteroatoms. The van der Waals surface area contributed by atoms with Crippen LogP contribution in [0.25, 0.3) is 21.6 Å². The first-order valence-electron chi connectivity index (χ1n) is 11.1. The first kappa shape index (κ1) is 20.7. The minimum absolute atomic E-state index is 0.0231. The Morgan fingerprint density at radius 1 is 1.03 bits per heavy atom. The Kier molecular flexibility index (Phi) is 5.10. The summed E-state index contributed by atoms with van der Waals surface area (Å²) in [5, 5.41) is 9.10. The fraction of sp³-hybridized carbons (Fsp3) is 0.375. The molecule has 168 valence electrons. The van der Waals surface area contributed by atoms with Crippen LogP contribution in [0.5, 0.6) is 0 Å². The van der Waals surface area contributed by atoms with Crippen LogP contribution >= 0.6 is 11.3 Å². The molecule has 0 bridgehead atoms. The first-order chi connectivity index (χ1) is 16.0. The number of hydrogen-bond acceptors (Lipinski definition) is 7. The van der Waals surface area contributed by atoms with Gasteiger partial charge >= 0.3 is 0 Å². The van der Waals surface area contributed by atoms with Crippen molar-refractivity contribution in [1.82, 2.24) is 25.1 Å². The highest BCUT2D eigenvalue weighted by Gasteiger charge is 2.31. The average molecular weight is 466 g/mol. The maximum atomic E-state index is 14.8. The highest BCUT2D eigenvalue weighted by Crippen LogP contribution is 2.45. The Hall–Kier alpha value is -2.91. The summed E-state index contributed by atoms with van der Waals surface area (Å²) in [6.45, 7) is 2.46. The fourth-order valence-electron chi connectivity index (χ4n) is 4.34. The molecule has 33 heavy (non-hydrogen) atoms. The molecule has 1 aliphatic carbocycles. The van der Waals surface area contributed by atoms with E-state index in [1.165, 1.54) is 23.5 Å². The Bertz CT molecular complexity index is 1360. The van der Waals surface area contributed by atoms with Gasteiger partial charge in [0.05, 0.1) is 28.7 Å². The molecule has 2 atom stereocenters. The van der Waals surface area contributed by atoms with Gasteiger partial charge in [-0.05, 0) is 50.8 Å². The lowest BCUT2D eigenvalue weighted by Crippen LogP contribution is -2.21. The summed E-state index contributed by atoms with van der Waals surface area (Å²) in [6.07, 6.45) is 5.25. The third-order valence-electron chi connectivity index (χ3n) is 6.22. The van der Waals surface area contributed by atoms with Gasteiger partial charge in [0.15, 0.2) is 5.65 Å². The zero-order chi connectivity index (χ0) is 22.5. The first-order valence-corrected chi connectivity index (χ1v) is 11.9. The number of aromatic nitrogens is 5. The molecule has 1 saturated carbocycles.